The van der Waals surface area contributed by atoms with Gasteiger partial charge in [0.05, 0.1) is 0 Å². The van der Waals surface area contributed by atoms with Crippen LogP contribution in [-0.4, -0.2) is 13.1 Å². The molecule has 0 aromatic heterocycles. The van der Waals surface area contributed by atoms with Crippen LogP contribution in [0.3, 0.4) is 0 Å². The predicted molar refractivity (Wildman–Crippen MR) is 25.5 cm³/mol. The van der Waals surface area contributed by atoms with Gasteiger partial charge < -0.3 is 0 Å². The maximum absolute atomic E-state index is 9.89. The van der Waals surface area contributed by atoms with Crippen LogP contribution in [0.4, 0.5) is 0 Å². The summed E-state index contributed by atoms with van der Waals surface area (Å²) in [6, 6.07) is 0. The molecule has 0 aliphatic carbocycles. The third-order valence-electron chi connectivity index (χ3n) is 0.398. The topological polar surface area (TPSA) is 52.6 Å². The summed E-state index contributed by atoms with van der Waals surface area (Å²) in [6.07, 6.45) is 0. The molecule has 0 aromatic rings. The lowest BCUT2D eigenvalue weighted by atomic mass is 11.5. The first-order valence-electron chi connectivity index (χ1n) is 1.45. The molecule has 1 aliphatic rings. The van der Waals surface area contributed by atoms with Gasteiger partial charge in [-0.05, 0) is 23.2 Å². The van der Waals surface area contributed by atoms with Gasteiger partial charge in [0, 0.05) is 0 Å². The van der Waals surface area contributed by atoms with Crippen molar-refractivity contribution in [2.24, 2.45) is 0 Å². The Balaban J connectivity index is 2.68. The van der Waals surface area contributed by atoms with Crippen LogP contribution in [0.1, 0.15) is 0 Å². The molecule has 48 valence electrons. The number of hydrogen-bond acceptors (Lipinski definition) is 4. The van der Waals surface area contributed by atoms with E-state index < -0.39 is 15.1 Å². The lowest BCUT2D eigenvalue weighted by molar-refractivity contribution is -0.0524. The maximum atomic E-state index is 9.89. The van der Waals surface area contributed by atoms with Crippen molar-refractivity contribution in [3.8, 4) is 0 Å². The SMILES string of the molecule is O=S1(=O)OC(Cl)(Cl)O1. The summed E-state index contributed by atoms with van der Waals surface area (Å²) in [5.41, 5.74) is 0. The molecule has 0 spiro atoms. The quantitative estimate of drug-likeness (QED) is 0.504. The van der Waals surface area contributed by atoms with Crippen molar-refractivity contribution < 1.29 is 16.8 Å². The largest absolute Gasteiger partial charge is 0.409 e. The van der Waals surface area contributed by atoms with Crippen molar-refractivity contribution in [1.82, 2.24) is 0 Å². The number of halogens is 2. The summed E-state index contributed by atoms with van der Waals surface area (Å²) in [5.74, 6) is 0. The third-order valence-corrected chi connectivity index (χ3v) is 1.95. The highest BCUT2D eigenvalue weighted by Crippen LogP contribution is 2.37. The second kappa shape index (κ2) is 1.48. The van der Waals surface area contributed by atoms with Gasteiger partial charge in [-0.15, -0.1) is 0 Å². The summed E-state index contributed by atoms with van der Waals surface area (Å²) in [7, 11) is -3.85. The standard InChI is InChI=1S/CCl2O4S/c2-1(3)6-8(4,5)7-1. The van der Waals surface area contributed by atoms with Gasteiger partial charge >= 0.3 is 15.1 Å². The minimum absolute atomic E-state index is 1.99. The van der Waals surface area contributed by atoms with Gasteiger partial charge in [0.1, 0.15) is 0 Å². The molecule has 8 heavy (non-hydrogen) atoms. The molecule has 1 heterocycles. The molecule has 0 saturated carbocycles. The third kappa shape index (κ3) is 1.24. The molecule has 1 fully saturated rings. The Hall–Kier alpha value is 0.450. The summed E-state index contributed by atoms with van der Waals surface area (Å²) >= 11 is 9.86. The van der Waals surface area contributed by atoms with Crippen LogP contribution in [-0.2, 0) is 18.8 Å². The Morgan fingerprint density at radius 2 is 1.62 bits per heavy atom. The van der Waals surface area contributed by atoms with Crippen molar-refractivity contribution in [1.29, 1.82) is 0 Å². The number of rotatable bonds is 0. The molecule has 0 atom stereocenters. The van der Waals surface area contributed by atoms with Crippen molar-refractivity contribution in [3.05, 3.63) is 0 Å². The molecule has 1 saturated heterocycles. The van der Waals surface area contributed by atoms with Crippen LogP contribution < -0.4 is 0 Å². The summed E-state index contributed by atoms with van der Waals surface area (Å²) in [6.45, 7) is 0. The van der Waals surface area contributed by atoms with E-state index in [4.69, 9.17) is 23.2 Å². The van der Waals surface area contributed by atoms with Crippen LogP contribution in [0, 0.1) is 0 Å². The van der Waals surface area contributed by atoms with Crippen molar-refractivity contribution in [2.75, 3.05) is 0 Å². The minimum atomic E-state index is -3.85. The van der Waals surface area contributed by atoms with Crippen LogP contribution in [0.25, 0.3) is 0 Å². The first kappa shape index (κ1) is 6.57. The van der Waals surface area contributed by atoms with E-state index in [0.29, 0.717) is 0 Å². The fourth-order valence-corrected chi connectivity index (χ4v) is 1.66. The fourth-order valence-electron chi connectivity index (χ4n) is 0.244. The Labute approximate surface area is 55.6 Å². The molecule has 4 nitrogen and oxygen atoms in total. The molecule has 1 aliphatic heterocycles. The van der Waals surface area contributed by atoms with Crippen molar-refractivity contribution in [2.45, 2.75) is 4.71 Å². The second-order valence-corrected chi connectivity index (χ2v) is 3.38. The number of hydrogen-bond donors (Lipinski definition) is 0. The maximum Gasteiger partial charge on any atom is 0.409 e. The first-order chi connectivity index (χ1) is 3.41. The summed E-state index contributed by atoms with van der Waals surface area (Å²) in [5, 5.41) is 0. The van der Waals surface area contributed by atoms with Crippen LogP contribution >= 0.6 is 23.2 Å². The van der Waals surface area contributed by atoms with Gasteiger partial charge in [0.15, 0.2) is 0 Å². The van der Waals surface area contributed by atoms with Gasteiger partial charge in [0.2, 0.25) is 0 Å². The molecule has 0 bridgehead atoms. The van der Waals surface area contributed by atoms with E-state index in [1.54, 1.807) is 0 Å². The Morgan fingerprint density at radius 3 is 1.62 bits per heavy atom. The van der Waals surface area contributed by atoms with Crippen LogP contribution in [0.15, 0.2) is 0 Å². The first-order valence-corrected chi connectivity index (χ1v) is 3.54. The van der Waals surface area contributed by atoms with E-state index >= 15 is 0 Å². The van der Waals surface area contributed by atoms with Gasteiger partial charge in [-0.2, -0.15) is 16.8 Å². The van der Waals surface area contributed by atoms with E-state index in [1.807, 2.05) is 0 Å². The normalized spacial score (nSPS) is 31.2. The van der Waals surface area contributed by atoms with Gasteiger partial charge in [-0.1, -0.05) is 0 Å². The molecule has 0 amide bonds. The van der Waals surface area contributed by atoms with Gasteiger partial charge in [0.25, 0.3) is 0 Å². The van der Waals surface area contributed by atoms with Gasteiger partial charge in [-0.25, -0.2) is 0 Å². The predicted octanol–water partition coefficient (Wildman–Crippen LogP) is 0.367. The average molecular weight is 179 g/mol. The molecule has 1 rings (SSSR count). The zero-order chi connectivity index (χ0) is 6.41. The molecule has 0 N–H and O–H groups in total. The van der Waals surface area contributed by atoms with E-state index in [-0.39, 0.29) is 0 Å². The molecular formula is CCl2O4S. The molecule has 7 heteroatoms. The Morgan fingerprint density at radius 1 is 1.25 bits per heavy atom. The van der Waals surface area contributed by atoms with E-state index in [2.05, 4.69) is 8.37 Å². The lowest BCUT2D eigenvalue weighted by Gasteiger charge is -2.26. The number of alkyl halides is 2. The lowest BCUT2D eigenvalue weighted by Crippen LogP contribution is -2.40. The molecule has 0 radical (unpaired) electrons. The van der Waals surface area contributed by atoms with Crippen molar-refractivity contribution >= 4 is 33.6 Å². The Bertz CT molecular complexity index is 178. The summed E-state index contributed by atoms with van der Waals surface area (Å²) < 4.78 is 25.4. The highest BCUT2D eigenvalue weighted by Gasteiger charge is 2.49. The van der Waals surface area contributed by atoms with Crippen molar-refractivity contribution in [3.63, 3.8) is 0 Å². The van der Waals surface area contributed by atoms with Crippen LogP contribution in [0.2, 0.25) is 0 Å². The van der Waals surface area contributed by atoms with E-state index in [9.17, 15) is 8.42 Å². The highest BCUT2D eigenvalue weighted by molar-refractivity contribution is 7.83. The molecule has 0 aromatic carbocycles. The smallest absolute Gasteiger partial charge is 0.181 e. The minimum Gasteiger partial charge on any atom is -0.181 e. The van der Waals surface area contributed by atoms with Gasteiger partial charge in [-0.3, -0.25) is 0 Å². The molecule has 0 unspecified atom stereocenters. The molecular weight excluding hydrogens is 179 g/mol. The summed E-state index contributed by atoms with van der Waals surface area (Å²) in [4.78, 5) is 0. The fraction of sp³-hybridized carbons (Fsp3) is 1.00. The second-order valence-electron chi connectivity index (χ2n) is 1.04. The average Bonchev–Trinajstić information content (AvgIpc) is 1.20. The van der Waals surface area contributed by atoms with Crippen LogP contribution in [0.5, 0.6) is 0 Å². The monoisotopic (exact) mass is 178 g/mol. The highest BCUT2D eigenvalue weighted by atomic mass is 35.5. The Kier molecular flexibility index (Phi) is 1.22. The zero-order valence-corrected chi connectivity index (χ0v) is 5.63. The van der Waals surface area contributed by atoms with E-state index in [0.717, 1.165) is 0 Å². The van der Waals surface area contributed by atoms with E-state index in [1.165, 1.54) is 0 Å². The zero-order valence-electron chi connectivity index (χ0n) is 3.30.